The third-order valence-electron chi connectivity index (χ3n) is 1.56. The van der Waals surface area contributed by atoms with Crippen LogP contribution in [0.4, 0.5) is 0 Å². The molecule has 14 heavy (non-hydrogen) atoms. The number of allylic oxidation sites excluding steroid dienone is 2. The third kappa shape index (κ3) is 2.57. The zero-order valence-electron chi connectivity index (χ0n) is 7.58. The number of primary sulfonamides is 1. The Morgan fingerprint density at radius 3 is 2.86 bits per heavy atom. The molecule has 6 nitrogen and oxygen atoms in total. The van der Waals surface area contributed by atoms with Gasteiger partial charge in [-0.15, -0.1) is 0 Å². The Hall–Kier alpha value is -1.34. The number of sulfonamides is 1. The van der Waals surface area contributed by atoms with Crippen LogP contribution in [0.5, 0.6) is 0 Å². The Morgan fingerprint density at radius 1 is 1.79 bits per heavy atom. The molecular weight excluding hydrogens is 206 g/mol. The normalized spacial score (nSPS) is 13.1. The first-order valence-corrected chi connectivity index (χ1v) is 5.38. The number of nitrogens with two attached hydrogens (primary N) is 1. The highest BCUT2D eigenvalue weighted by atomic mass is 32.2. The standard InChI is InChI=1S/C7H11N3O3S/c1-2-6(11)5-10-4-3-7(9-10)14(8,12)13/h2-4,11H,5H2,1H3,(H2,8,12,13)/b6-2-. The van der Waals surface area contributed by atoms with Crippen molar-refractivity contribution in [1.29, 1.82) is 0 Å². The Kier molecular flexibility index (Phi) is 2.92. The van der Waals surface area contributed by atoms with Crippen molar-refractivity contribution >= 4 is 10.0 Å². The van der Waals surface area contributed by atoms with Gasteiger partial charge in [-0.3, -0.25) is 4.68 Å². The molecule has 0 radical (unpaired) electrons. The first-order valence-electron chi connectivity index (χ1n) is 3.84. The Labute approximate surface area is 81.7 Å². The molecule has 7 heteroatoms. The molecule has 0 saturated carbocycles. The van der Waals surface area contributed by atoms with Crippen LogP contribution in [0.1, 0.15) is 6.92 Å². The highest BCUT2D eigenvalue weighted by molar-refractivity contribution is 7.89. The van der Waals surface area contributed by atoms with Crippen molar-refractivity contribution < 1.29 is 13.5 Å². The van der Waals surface area contributed by atoms with Gasteiger partial charge in [0.2, 0.25) is 0 Å². The van der Waals surface area contributed by atoms with E-state index in [4.69, 9.17) is 10.2 Å². The van der Waals surface area contributed by atoms with Gasteiger partial charge in [0, 0.05) is 6.20 Å². The molecule has 1 aromatic rings. The second kappa shape index (κ2) is 3.81. The largest absolute Gasteiger partial charge is 0.511 e. The van der Waals surface area contributed by atoms with Crippen LogP contribution in [0.2, 0.25) is 0 Å². The lowest BCUT2D eigenvalue weighted by atomic mass is 10.5. The SMILES string of the molecule is C/C=C(\O)Cn1ccc(S(N)(=O)=O)n1. The molecule has 0 bridgehead atoms. The molecule has 1 heterocycles. The average molecular weight is 217 g/mol. The van der Waals surface area contributed by atoms with Crippen molar-refractivity contribution in [3.05, 3.63) is 24.1 Å². The summed E-state index contributed by atoms with van der Waals surface area (Å²) >= 11 is 0. The molecule has 0 aromatic carbocycles. The summed E-state index contributed by atoms with van der Waals surface area (Å²) in [6.45, 7) is 1.80. The second-order valence-corrected chi connectivity index (χ2v) is 4.18. The third-order valence-corrected chi connectivity index (χ3v) is 2.37. The lowest BCUT2D eigenvalue weighted by Crippen LogP contribution is -2.13. The lowest BCUT2D eigenvalue weighted by Gasteiger charge is -1.98. The smallest absolute Gasteiger partial charge is 0.257 e. The van der Waals surface area contributed by atoms with Gasteiger partial charge in [-0.2, -0.15) is 5.10 Å². The summed E-state index contributed by atoms with van der Waals surface area (Å²) in [6.07, 6.45) is 2.93. The topological polar surface area (TPSA) is 98.2 Å². The molecule has 0 aliphatic heterocycles. The van der Waals surface area contributed by atoms with Crippen LogP contribution in [0.3, 0.4) is 0 Å². The van der Waals surface area contributed by atoms with Gasteiger partial charge >= 0.3 is 0 Å². The van der Waals surface area contributed by atoms with Crippen LogP contribution in [0, 0.1) is 0 Å². The van der Waals surface area contributed by atoms with E-state index in [1.807, 2.05) is 0 Å². The fourth-order valence-electron chi connectivity index (χ4n) is 0.840. The molecule has 0 amide bonds. The van der Waals surface area contributed by atoms with E-state index in [2.05, 4.69) is 5.10 Å². The van der Waals surface area contributed by atoms with Crippen LogP contribution < -0.4 is 5.14 Å². The maximum absolute atomic E-state index is 10.8. The molecule has 0 fully saturated rings. The minimum atomic E-state index is -3.76. The maximum Gasteiger partial charge on any atom is 0.257 e. The predicted molar refractivity (Wildman–Crippen MR) is 50.0 cm³/mol. The number of aliphatic hydroxyl groups is 1. The minimum Gasteiger partial charge on any atom is -0.511 e. The molecule has 0 saturated heterocycles. The van der Waals surface area contributed by atoms with Crippen LogP contribution in [0.15, 0.2) is 29.1 Å². The Morgan fingerprint density at radius 2 is 2.43 bits per heavy atom. The number of hydrogen-bond donors (Lipinski definition) is 2. The molecule has 1 rings (SSSR count). The molecule has 1 aromatic heterocycles. The summed E-state index contributed by atoms with van der Waals surface area (Å²) in [5.41, 5.74) is 0. The summed E-state index contributed by atoms with van der Waals surface area (Å²) < 4.78 is 22.9. The van der Waals surface area contributed by atoms with Gasteiger partial charge in [-0.25, -0.2) is 13.6 Å². The highest BCUT2D eigenvalue weighted by Crippen LogP contribution is 2.03. The van der Waals surface area contributed by atoms with E-state index in [-0.39, 0.29) is 17.3 Å². The van der Waals surface area contributed by atoms with E-state index in [9.17, 15) is 8.42 Å². The van der Waals surface area contributed by atoms with Crippen molar-refractivity contribution in [3.63, 3.8) is 0 Å². The molecule has 0 unspecified atom stereocenters. The van der Waals surface area contributed by atoms with Crippen molar-refractivity contribution in [3.8, 4) is 0 Å². The van der Waals surface area contributed by atoms with Gasteiger partial charge in [0.1, 0.15) is 5.76 Å². The molecule has 78 valence electrons. The summed E-state index contributed by atoms with van der Waals surface area (Å²) in [6, 6.07) is 1.28. The van der Waals surface area contributed by atoms with Gasteiger partial charge in [-0.1, -0.05) is 0 Å². The van der Waals surface area contributed by atoms with E-state index < -0.39 is 10.0 Å². The monoisotopic (exact) mass is 217 g/mol. The lowest BCUT2D eigenvalue weighted by molar-refractivity contribution is 0.365. The first kappa shape index (κ1) is 10.7. The van der Waals surface area contributed by atoms with Crippen LogP contribution >= 0.6 is 0 Å². The van der Waals surface area contributed by atoms with E-state index in [0.717, 1.165) is 0 Å². The van der Waals surface area contributed by atoms with Gasteiger partial charge in [-0.05, 0) is 19.1 Å². The summed E-state index contributed by atoms with van der Waals surface area (Å²) in [5.74, 6) is 0.106. The summed E-state index contributed by atoms with van der Waals surface area (Å²) in [4.78, 5) is 0. The van der Waals surface area contributed by atoms with Crippen molar-refractivity contribution in [2.24, 2.45) is 5.14 Å². The van der Waals surface area contributed by atoms with E-state index in [1.54, 1.807) is 6.92 Å². The van der Waals surface area contributed by atoms with Crippen molar-refractivity contribution in [2.45, 2.75) is 18.5 Å². The number of hydrogen-bond acceptors (Lipinski definition) is 4. The molecule has 0 aliphatic carbocycles. The van der Waals surface area contributed by atoms with Gasteiger partial charge in [0.05, 0.1) is 6.54 Å². The van der Waals surface area contributed by atoms with Gasteiger partial charge < -0.3 is 5.11 Å². The highest BCUT2D eigenvalue weighted by Gasteiger charge is 2.11. The predicted octanol–water partition coefficient (Wildman–Crippen LogP) is -0.00770. The number of aliphatic hydroxyl groups excluding tert-OH is 1. The zero-order chi connectivity index (χ0) is 10.8. The van der Waals surface area contributed by atoms with Crippen molar-refractivity contribution in [1.82, 2.24) is 9.78 Å². The second-order valence-electron chi connectivity index (χ2n) is 2.68. The summed E-state index contributed by atoms with van der Waals surface area (Å²) in [5, 5.41) is 17.5. The zero-order valence-corrected chi connectivity index (χ0v) is 8.40. The van der Waals surface area contributed by atoms with E-state index >= 15 is 0 Å². The van der Waals surface area contributed by atoms with E-state index in [1.165, 1.54) is 23.0 Å². The molecule has 0 atom stereocenters. The first-order chi connectivity index (χ1) is 6.43. The van der Waals surface area contributed by atoms with Gasteiger partial charge in [0.15, 0.2) is 5.03 Å². The van der Waals surface area contributed by atoms with Crippen LogP contribution in [0.25, 0.3) is 0 Å². The number of aromatic nitrogens is 2. The van der Waals surface area contributed by atoms with Crippen LogP contribution in [-0.2, 0) is 16.6 Å². The fourth-order valence-corrected chi connectivity index (χ4v) is 1.31. The maximum atomic E-state index is 10.8. The number of rotatable bonds is 3. The molecular formula is C7H11N3O3S. The average Bonchev–Trinajstić information content (AvgIpc) is 2.51. The molecule has 0 spiro atoms. The van der Waals surface area contributed by atoms with Crippen LogP contribution in [-0.4, -0.2) is 23.3 Å². The fraction of sp³-hybridized carbons (Fsp3) is 0.286. The van der Waals surface area contributed by atoms with Gasteiger partial charge in [0.25, 0.3) is 10.0 Å². The Bertz CT molecular complexity index is 447. The minimum absolute atomic E-state index is 0.106. The summed E-state index contributed by atoms with van der Waals surface area (Å²) in [7, 11) is -3.76. The number of nitrogens with zero attached hydrogens (tertiary/aromatic N) is 2. The Balaban J connectivity index is 2.90. The molecule has 0 aliphatic rings. The van der Waals surface area contributed by atoms with E-state index in [0.29, 0.717) is 0 Å². The van der Waals surface area contributed by atoms with Crippen molar-refractivity contribution in [2.75, 3.05) is 0 Å². The molecule has 3 N–H and O–H groups in total. The quantitative estimate of drug-likeness (QED) is 0.696.